The summed E-state index contributed by atoms with van der Waals surface area (Å²) in [6, 6.07) is 0. The van der Waals surface area contributed by atoms with Crippen molar-refractivity contribution >= 4 is 6.16 Å². The van der Waals surface area contributed by atoms with E-state index in [2.05, 4.69) is 0 Å². The van der Waals surface area contributed by atoms with E-state index < -0.39 is 18.5 Å². The molecule has 1 unspecified atom stereocenters. The molecule has 0 aliphatic carbocycles. The molecule has 11 heavy (non-hydrogen) atoms. The average Bonchev–Trinajstić information content (AvgIpc) is 1.59. The van der Waals surface area contributed by atoms with Crippen LogP contribution in [0.5, 0.6) is 0 Å². The summed E-state index contributed by atoms with van der Waals surface area (Å²) in [5.74, 6) is 0. The van der Waals surface area contributed by atoms with Crippen LogP contribution in [0.4, 0.5) is 22.4 Å². The normalized spacial score (nSPS) is 12.8. The summed E-state index contributed by atoms with van der Waals surface area (Å²) in [5.41, 5.74) is 0. The number of carbonyl (C=O) groups is 1. The van der Waals surface area contributed by atoms with Gasteiger partial charge in [0.25, 0.3) is 0 Å². The molecular weight excluding hydrogens is 172 g/mol. The number of halogens is 4. The van der Waals surface area contributed by atoms with E-state index in [-0.39, 0.29) is 0 Å². The molecule has 0 fully saturated rings. The molecule has 0 amide bonds. The first-order valence-corrected chi connectivity index (χ1v) is 2.30. The molecule has 0 spiro atoms. The van der Waals surface area contributed by atoms with Crippen LogP contribution in [-0.2, 0) is 0 Å². The zero-order chi connectivity index (χ0) is 9.65. The molecule has 0 heterocycles. The lowest BCUT2D eigenvalue weighted by molar-refractivity contribution is -0.174. The molecule has 3 nitrogen and oxygen atoms in total. The van der Waals surface area contributed by atoms with Gasteiger partial charge >= 0.3 is 12.3 Å². The van der Waals surface area contributed by atoms with Gasteiger partial charge in [-0.05, 0) is 6.92 Å². The van der Waals surface area contributed by atoms with E-state index in [9.17, 15) is 17.6 Å². The predicted molar refractivity (Wildman–Crippen MR) is 27.3 cm³/mol. The van der Waals surface area contributed by atoms with Crippen LogP contribution < -0.4 is 0 Å². The van der Waals surface area contributed by atoms with E-state index in [1.807, 2.05) is 0 Å². The molecule has 0 saturated heterocycles. The van der Waals surface area contributed by atoms with Crippen molar-refractivity contribution in [2.75, 3.05) is 0 Å². The minimum absolute atomic E-state index is 0.458. The van der Waals surface area contributed by atoms with Crippen molar-refractivity contribution in [2.24, 2.45) is 0 Å². The van der Waals surface area contributed by atoms with Crippen LogP contribution in [0.15, 0.2) is 0 Å². The van der Waals surface area contributed by atoms with E-state index in [4.69, 9.17) is 15.0 Å². The lowest BCUT2D eigenvalue weighted by Crippen LogP contribution is -2.20. The Kier molecular flexibility index (Phi) is 5.46. The maximum absolute atomic E-state index is 11.1. The van der Waals surface area contributed by atoms with Crippen molar-refractivity contribution in [3.63, 3.8) is 0 Å². The zero-order valence-corrected chi connectivity index (χ0v) is 5.39. The second kappa shape index (κ2) is 4.75. The highest BCUT2D eigenvalue weighted by atomic mass is 19.4. The minimum Gasteiger partial charge on any atom is -0.450 e. The summed E-state index contributed by atoms with van der Waals surface area (Å²) in [4.78, 5) is 8.56. The Morgan fingerprint density at radius 1 is 1.36 bits per heavy atom. The second-order valence-electron chi connectivity index (χ2n) is 1.44. The summed E-state index contributed by atoms with van der Waals surface area (Å²) >= 11 is 0. The van der Waals surface area contributed by atoms with Crippen LogP contribution in [0.1, 0.15) is 6.92 Å². The number of carboxylic acid groups (broad SMARTS) is 2. The molecule has 0 aromatic rings. The number of hydrogen-bond donors (Lipinski definition) is 2. The van der Waals surface area contributed by atoms with Crippen LogP contribution >= 0.6 is 0 Å². The lowest BCUT2D eigenvalue weighted by Gasteiger charge is -2.04. The van der Waals surface area contributed by atoms with Crippen LogP contribution in [0, 0.1) is 0 Å². The molecule has 0 bridgehead atoms. The van der Waals surface area contributed by atoms with Gasteiger partial charge in [0, 0.05) is 0 Å². The highest BCUT2D eigenvalue weighted by Gasteiger charge is 2.35. The lowest BCUT2D eigenvalue weighted by atomic mass is 10.4. The fraction of sp³-hybridized carbons (Fsp3) is 0.750. The van der Waals surface area contributed by atoms with Gasteiger partial charge in [-0.25, -0.2) is 9.18 Å². The zero-order valence-electron chi connectivity index (χ0n) is 5.39. The van der Waals surface area contributed by atoms with Crippen LogP contribution in [-0.4, -0.2) is 28.7 Å². The standard InChI is InChI=1S/C3H4F4.CH2O3/c1-2(4)3(5,6)7;2-1(3)4/h2H,1H3;(H2,2,3,4). The number of alkyl halides is 4. The molecule has 0 aliphatic heterocycles. The SMILES string of the molecule is CC(F)C(F)(F)F.O=C(O)O. The molecule has 1 atom stereocenters. The van der Waals surface area contributed by atoms with Crippen LogP contribution in [0.2, 0.25) is 0 Å². The van der Waals surface area contributed by atoms with E-state index in [1.54, 1.807) is 0 Å². The van der Waals surface area contributed by atoms with E-state index in [0.29, 0.717) is 6.92 Å². The first-order valence-electron chi connectivity index (χ1n) is 2.30. The Bertz CT molecular complexity index is 115. The highest BCUT2D eigenvalue weighted by molar-refractivity contribution is 5.53. The van der Waals surface area contributed by atoms with Crippen LogP contribution in [0.25, 0.3) is 0 Å². The Labute approximate surface area is 59.3 Å². The first-order chi connectivity index (χ1) is 4.68. The molecule has 0 aromatic carbocycles. The van der Waals surface area contributed by atoms with Crippen molar-refractivity contribution in [3.05, 3.63) is 0 Å². The van der Waals surface area contributed by atoms with E-state index in [0.717, 1.165) is 0 Å². The molecular formula is C4H6F4O3. The van der Waals surface area contributed by atoms with Gasteiger partial charge in [-0.2, -0.15) is 13.2 Å². The Hall–Kier alpha value is -1.01. The molecule has 2 N–H and O–H groups in total. The van der Waals surface area contributed by atoms with Crippen molar-refractivity contribution in [3.8, 4) is 0 Å². The molecule has 68 valence electrons. The third kappa shape index (κ3) is 17.6. The average molecular weight is 178 g/mol. The van der Waals surface area contributed by atoms with E-state index >= 15 is 0 Å². The molecule has 0 aliphatic rings. The Morgan fingerprint density at radius 2 is 1.45 bits per heavy atom. The highest BCUT2D eigenvalue weighted by Crippen LogP contribution is 2.21. The maximum atomic E-state index is 11.1. The monoisotopic (exact) mass is 178 g/mol. The summed E-state index contributed by atoms with van der Waals surface area (Å²) in [6.07, 6.45) is -9.20. The van der Waals surface area contributed by atoms with Crippen molar-refractivity contribution in [2.45, 2.75) is 19.3 Å². The first kappa shape index (κ1) is 12.6. The fourth-order valence-corrected chi connectivity index (χ4v) is 0. The maximum Gasteiger partial charge on any atom is 0.503 e. The number of hydrogen-bond acceptors (Lipinski definition) is 1. The van der Waals surface area contributed by atoms with Crippen molar-refractivity contribution < 1.29 is 32.6 Å². The van der Waals surface area contributed by atoms with E-state index in [1.165, 1.54) is 0 Å². The van der Waals surface area contributed by atoms with Gasteiger partial charge in [0.1, 0.15) is 0 Å². The van der Waals surface area contributed by atoms with Crippen molar-refractivity contribution in [1.82, 2.24) is 0 Å². The fourth-order valence-electron chi connectivity index (χ4n) is 0. The molecule has 0 saturated carbocycles. The Balaban J connectivity index is 0. The van der Waals surface area contributed by atoms with Gasteiger partial charge < -0.3 is 10.2 Å². The van der Waals surface area contributed by atoms with Gasteiger partial charge in [-0.3, -0.25) is 0 Å². The van der Waals surface area contributed by atoms with Gasteiger partial charge in [0.15, 0.2) is 6.17 Å². The summed E-state index contributed by atoms with van der Waals surface area (Å²) in [5, 5.41) is 13.9. The molecule has 0 rings (SSSR count). The van der Waals surface area contributed by atoms with Crippen LogP contribution in [0.3, 0.4) is 0 Å². The van der Waals surface area contributed by atoms with Gasteiger partial charge in [0.2, 0.25) is 0 Å². The van der Waals surface area contributed by atoms with Gasteiger partial charge in [-0.15, -0.1) is 0 Å². The molecule has 0 radical (unpaired) electrons. The van der Waals surface area contributed by atoms with Crippen molar-refractivity contribution in [1.29, 1.82) is 0 Å². The number of rotatable bonds is 0. The largest absolute Gasteiger partial charge is 0.503 e. The third-order valence-corrected chi connectivity index (χ3v) is 0.451. The summed E-state index contributed by atoms with van der Waals surface area (Å²) in [6.45, 7) is 0.458. The second-order valence-corrected chi connectivity index (χ2v) is 1.44. The summed E-state index contributed by atoms with van der Waals surface area (Å²) in [7, 11) is 0. The molecule has 0 aromatic heterocycles. The third-order valence-electron chi connectivity index (χ3n) is 0.451. The predicted octanol–water partition coefficient (Wildman–Crippen LogP) is 2.13. The van der Waals surface area contributed by atoms with Gasteiger partial charge in [-0.1, -0.05) is 0 Å². The molecule has 7 heteroatoms. The summed E-state index contributed by atoms with van der Waals surface area (Å²) < 4.78 is 43.5. The van der Waals surface area contributed by atoms with Gasteiger partial charge in [0.05, 0.1) is 0 Å². The minimum atomic E-state index is -4.67. The smallest absolute Gasteiger partial charge is 0.450 e. The quantitative estimate of drug-likeness (QED) is 0.558. The topological polar surface area (TPSA) is 57.5 Å². The Morgan fingerprint density at radius 3 is 1.45 bits per heavy atom.